The van der Waals surface area contributed by atoms with Crippen molar-refractivity contribution in [3.8, 4) is 0 Å². The van der Waals surface area contributed by atoms with Crippen LogP contribution in [0.3, 0.4) is 0 Å². The van der Waals surface area contributed by atoms with Gasteiger partial charge in [0.15, 0.2) is 0 Å². The highest BCUT2D eigenvalue weighted by Crippen LogP contribution is 2.50. The van der Waals surface area contributed by atoms with Crippen LogP contribution in [0.1, 0.15) is 58.8 Å². The topological polar surface area (TPSA) is 52.6 Å². The number of carbonyl (C=O) groups excluding carboxylic acids is 2. The fourth-order valence-electron chi connectivity index (χ4n) is 2.28. The summed E-state index contributed by atoms with van der Waals surface area (Å²) in [4.78, 5) is 24.2. The van der Waals surface area contributed by atoms with E-state index in [9.17, 15) is 9.59 Å². The van der Waals surface area contributed by atoms with Crippen LogP contribution in [0.2, 0.25) is 0 Å². The molecule has 1 aliphatic rings. The molecule has 0 aromatic heterocycles. The van der Waals surface area contributed by atoms with Gasteiger partial charge in [0.2, 0.25) is 0 Å². The van der Waals surface area contributed by atoms with Crippen molar-refractivity contribution in [2.45, 2.75) is 64.5 Å². The quantitative estimate of drug-likeness (QED) is 0.494. The fraction of sp³-hybridized carbons (Fsp3) is 0.857. The Morgan fingerprint density at radius 3 is 2.26 bits per heavy atom. The average Bonchev–Trinajstić information content (AvgIpc) is 2.41. The largest absolute Gasteiger partial charge is 0.462 e. The molecule has 0 radical (unpaired) electrons. The number of carbonyl (C=O) groups is 2. The van der Waals surface area contributed by atoms with E-state index in [4.69, 9.17) is 9.47 Å². The summed E-state index contributed by atoms with van der Waals surface area (Å²) in [6.45, 7) is 4.56. The molecule has 0 spiro atoms. The van der Waals surface area contributed by atoms with Crippen LogP contribution in [-0.4, -0.2) is 30.3 Å². The number of unbranched alkanes of at least 4 members (excludes halogenated alkanes) is 1. The SMILES string of the molecule is CCCCOC(=O)P(C(=O)OCC)C1CCCCC1. The molecule has 0 N–H and O–H groups in total. The molecule has 110 valence electrons. The van der Waals surface area contributed by atoms with Crippen LogP contribution >= 0.6 is 7.92 Å². The predicted molar refractivity (Wildman–Crippen MR) is 77.1 cm³/mol. The monoisotopic (exact) mass is 288 g/mol. The van der Waals surface area contributed by atoms with E-state index in [1.807, 2.05) is 6.92 Å². The van der Waals surface area contributed by atoms with Crippen LogP contribution in [-0.2, 0) is 9.47 Å². The molecule has 0 heterocycles. The van der Waals surface area contributed by atoms with E-state index < -0.39 is 7.92 Å². The Hall–Kier alpha value is -0.630. The van der Waals surface area contributed by atoms with E-state index in [1.54, 1.807) is 6.92 Å². The van der Waals surface area contributed by atoms with Crippen molar-refractivity contribution < 1.29 is 19.1 Å². The highest BCUT2D eigenvalue weighted by Gasteiger charge is 2.37. The summed E-state index contributed by atoms with van der Waals surface area (Å²) in [5, 5.41) is 0. The first-order valence-electron chi connectivity index (χ1n) is 7.33. The van der Waals surface area contributed by atoms with Gasteiger partial charge in [-0.2, -0.15) is 0 Å². The smallest absolute Gasteiger partial charge is 0.337 e. The molecule has 4 nitrogen and oxygen atoms in total. The van der Waals surface area contributed by atoms with Gasteiger partial charge in [-0.15, -0.1) is 0 Å². The third kappa shape index (κ3) is 5.48. The molecule has 0 amide bonds. The molecular weight excluding hydrogens is 263 g/mol. The van der Waals surface area contributed by atoms with Gasteiger partial charge in [-0.05, 0) is 31.8 Å². The van der Waals surface area contributed by atoms with Crippen molar-refractivity contribution in [1.29, 1.82) is 0 Å². The normalized spacial score (nSPS) is 17.8. The molecule has 0 aromatic rings. The van der Waals surface area contributed by atoms with E-state index in [1.165, 1.54) is 6.42 Å². The van der Waals surface area contributed by atoms with Crippen LogP contribution in [0.4, 0.5) is 9.59 Å². The molecule has 0 aromatic carbocycles. The molecule has 5 heteroatoms. The Morgan fingerprint density at radius 2 is 1.68 bits per heavy atom. The van der Waals surface area contributed by atoms with Gasteiger partial charge < -0.3 is 9.47 Å². The van der Waals surface area contributed by atoms with Gasteiger partial charge in [-0.25, -0.2) is 9.59 Å². The highest BCUT2D eigenvalue weighted by atomic mass is 31.1. The molecular formula is C14H25O4P. The second-order valence-electron chi connectivity index (χ2n) is 4.83. The Kier molecular flexibility index (Phi) is 8.04. The molecule has 1 aliphatic carbocycles. The molecule has 19 heavy (non-hydrogen) atoms. The van der Waals surface area contributed by atoms with E-state index in [0.717, 1.165) is 38.5 Å². The van der Waals surface area contributed by atoms with Gasteiger partial charge in [0.25, 0.3) is 0 Å². The molecule has 1 atom stereocenters. The van der Waals surface area contributed by atoms with Crippen molar-refractivity contribution in [2.24, 2.45) is 0 Å². The van der Waals surface area contributed by atoms with E-state index in [0.29, 0.717) is 13.2 Å². The summed E-state index contributed by atoms with van der Waals surface area (Å²) in [5.74, 6) is 0. The lowest BCUT2D eigenvalue weighted by molar-refractivity contribution is 0.167. The third-order valence-corrected chi connectivity index (χ3v) is 5.62. The van der Waals surface area contributed by atoms with E-state index >= 15 is 0 Å². The second kappa shape index (κ2) is 9.30. The number of hydrogen-bond acceptors (Lipinski definition) is 4. The molecule has 0 saturated heterocycles. The maximum absolute atomic E-state index is 12.1. The average molecular weight is 288 g/mol. The van der Waals surface area contributed by atoms with Gasteiger partial charge in [-0.1, -0.05) is 32.6 Å². The maximum Gasteiger partial charge on any atom is 0.337 e. The lowest BCUT2D eigenvalue weighted by Crippen LogP contribution is -2.21. The first kappa shape index (κ1) is 16.4. The Balaban J connectivity index is 2.61. The van der Waals surface area contributed by atoms with Gasteiger partial charge in [0.05, 0.1) is 13.2 Å². The minimum Gasteiger partial charge on any atom is -0.462 e. The van der Waals surface area contributed by atoms with Gasteiger partial charge in [-0.3, -0.25) is 0 Å². The predicted octanol–water partition coefficient (Wildman–Crippen LogP) is 4.89. The lowest BCUT2D eigenvalue weighted by atomic mass is 10.0. The Labute approximate surface area is 117 Å². The Morgan fingerprint density at radius 1 is 1.05 bits per heavy atom. The summed E-state index contributed by atoms with van der Waals surface area (Å²) >= 11 is 0. The first-order valence-corrected chi connectivity index (χ1v) is 8.74. The minimum atomic E-state index is -1.45. The molecule has 1 rings (SSSR count). The minimum absolute atomic E-state index is 0.164. The van der Waals surface area contributed by atoms with E-state index in [-0.39, 0.29) is 17.1 Å². The summed E-state index contributed by atoms with van der Waals surface area (Å²) in [6, 6.07) is 0. The molecule has 1 unspecified atom stereocenters. The van der Waals surface area contributed by atoms with Crippen LogP contribution in [0, 0.1) is 0 Å². The standard InChI is InChI=1S/C14H25O4P/c1-3-5-11-18-14(16)19(13(15)17-4-2)12-9-7-6-8-10-12/h12H,3-11H2,1-2H3. The van der Waals surface area contributed by atoms with Crippen LogP contribution in [0.15, 0.2) is 0 Å². The summed E-state index contributed by atoms with van der Waals surface area (Å²) in [5.41, 5.74) is -0.503. The zero-order valence-corrected chi connectivity index (χ0v) is 12.9. The van der Waals surface area contributed by atoms with Crippen molar-refractivity contribution in [3.63, 3.8) is 0 Å². The van der Waals surface area contributed by atoms with E-state index in [2.05, 4.69) is 0 Å². The van der Waals surface area contributed by atoms with Crippen molar-refractivity contribution in [3.05, 3.63) is 0 Å². The lowest BCUT2D eigenvalue weighted by Gasteiger charge is -2.27. The van der Waals surface area contributed by atoms with Crippen molar-refractivity contribution in [1.82, 2.24) is 0 Å². The van der Waals surface area contributed by atoms with Crippen molar-refractivity contribution in [2.75, 3.05) is 13.2 Å². The fourth-order valence-corrected chi connectivity index (χ4v) is 4.40. The summed E-state index contributed by atoms with van der Waals surface area (Å²) < 4.78 is 10.3. The number of rotatable bonds is 7. The summed E-state index contributed by atoms with van der Waals surface area (Å²) in [7, 11) is -1.45. The first-order chi connectivity index (χ1) is 9.20. The molecule has 0 aliphatic heterocycles. The van der Waals surface area contributed by atoms with Gasteiger partial charge >= 0.3 is 11.4 Å². The van der Waals surface area contributed by atoms with Crippen molar-refractivity contribution >= 4 is 19.3 Å². The zero-order chi connectivity index (χ0) is 14.1. The second-order valence-corrected chi connectivity index (χ2v) is 7.03. The maximum atomic E-state index is 12.1. The molecule has 0 bridgehead atoms. The highest BCUT2D eigenvalue weighted by molar-refractivity contribution is 7.88. The molecule has 1 saturated carbocycles. The van der Waals surface area contributed by atoms with Crippen LogP contribution < -0.4 is 0 Å². The van der Waals surface area contributed by atoms with Crippen LogP contribution in [0.5, 0.6) is 0 Å². The third-order valence-electron chi connectivity index (χ3n) is 3.32. The molecule has 1 fully saturated rings. The zero-order valence-electron chi connectivity index (χ0n) is 12.0. The van der Waals surface area contributed by atoms with Gasteiger partial charge in [0, 0.05) is 0 Å². The van der Waals surface area contributed by atoms with Gasteiger partial charge in [0.1, 0.15) is 7.92 Å². The van der Waals surface area contributed by atoms with Crippen LogP contribution in [0.25, 0.3) is 0 Å². The number of hydrogen-bond donors (Lipinski definition) is 0. The Bertz CT molecular complexity index is 287. The number of ether oxygens (including phenoxy) is 2. The summed E-state index contributed by atoms with van der Waals surface area (Å²) in [6.07, 6.45) is 7.14.